The average molecular weight is 466 g/mol. The van der Waals surface area contributed by atoms with E-state index in [1.807, 2.05) is 12.1 Å². The van der Waals surface area contributed by atoms with E-state index in [0.717, 1.165) is 29.9 Å². The monoisotopic (exact) mass is 465 g/mol. The van der Waals surface area contributed by atoms with Gasteiger partial charge in [-0.15, -0.1) is 11.8 Å². The van der Waals surface area contributed by atoms with Gasteiger partial charge in [-0.25, -0.2) is 4.79 Å². The maximum Gasteiger partial charge on any atom is 0.404 e. The summed E-state index contributed by atoms with van der Waals surface area (Å²) in [6.07, 6.45) is 21.0. The molecule has 0 fully saturated rings. The van der Waals surface area contributed by atoms with Crippen LogP contribution < -0.4 is 5.32 Å². The zero-order valence-corrected chi connectivity index (χ0v) is 21.1. The Hall–Kier alpha value is -1.36. The smallest absolute Gasteiger partial charge is 0.404 e. The topological polar surface area (TPSA) is 69.6 Å². The highest BCUT2D eigenvalue weighted by Gasteiger charge is 2.11. The fourth-order valence-corrected chi connectivity index (χ4v) is 5.05. The molecule has 0 spiro atoms. The van der Waals surface area contributed by atoms with E-state index in [1.165, 1.54) is 89.9 Å². The zero-order chi connectivity index (χ0) is 23.3. The summed E-state index contributed by atoms with van der Waals surface area (Å²) < 4.78 is 0. The molecule has 3 N–H and O–H groups in total. The molecule has 0 aromatic heterocycles. The number of carboxylic acid groups (broad SMARTS) is 1. The first-order valence-corrected chi connectivity index (χ1v) is 14.0. The summed E-state index contributed by atoms with van der Waals surface area (Å²) in [6, 6.07) is 7.19. The van der Waals surface area contributed by atoms with Gasteiger partial charge in [0.15, 0.2) is 0 Å². The van der Waals surface area contributed by atoms with Crippen LogP contribution in [0.1, 0.15) is 116 Å². The molecule has 0 saturated heterocycles. The first kappa shape index (κ1) is 28.7. The molecule has 5 heteroatoms. The summed E-state index contributed by atoms with van der Waals surface area (Å²) in [7, 11) is 0. The molecule has 0 aliphatic carbocycles. The molecule has 1 atom stereocenters. The van der Waals surface area contributed by atoms with Crippen molar-refractivity contribution >= 4 is 17.9 Å². The standard InChI is InChI=1S/C27H47NO3S/c1-2-3-4-5-6-7-8-9-10-11-12-13-14-15-16-17-24(28-27(30)31)22-23-32-26-20-18-25(29)19-21-26/h18-21,24,28-29H,2-17,22-23H2,1H3,(H,30,31). The summed E-state index contributed by atoms with van der Waals surface area (Å²) in [6.45, 7) is 2.27. The predicted octanol–water partition coefficient (Wildman–Crippen LogP) is 8.77. The van der Waals surface area contributed by atoms with Crippen molar-refractivity contribution in [2.45, 2.75) is 127 Å². The SMILES string of the molecule is CCCCCCCCCCCCCCCCCC(CCSc1ccc(O)cc1)NC(=O)O. The van der Waals surface area contributed by atoms with Crippen molar-refractivity contribution in [3.05, 3.63) is 24.3 Å². The van der Waals surface area contributed by atoms with E-state index in [4.69, 9.17) is 5.11 Å². The molecule has 1 amide bonds. The molecule has 0 bridgehead atoms. The number of nitrogens with one attached hydrogen (secondary N) is 1. The first-order valence-electron chi connectivity index (χ1n) is 13.0. The van der Waals surface area contributed by atoms with Gasteiger partial charge in [-0.2, -0.15) is 0 Å². The van der Waals surface area contributed by atoms with Crippen molar-refractivity contribution in [1.82, 2.24) is 5.32 Å². The fourth-order valence-electron chi connectivity index (χ4n) is 4.09. The normalized spacial score (nSPS) is 12.0. The predicted molar refractivity (Wildman–Crippen MR) is 138 cm³/mol. The summed E-state index contributed by atoms with van der Waals surface area (Å²) in [4.78, 5) is 12.2. The van der Waals surface area contributed by atoms with Crippen LogP contribution in [0, 0.1) is 0 Å². The van der Waals surface area contributed by atoms with Gasteiger partial charge in [-0.3, -0.25) is 0 Å². The zero-order valence-electron chi connectivity index (χ0n) is 20.3. The van der Waals surface area contributed by atoms with Gasteiger partial charge < -0.3 is 15.5 Å². The molecule has 4 nitrogen and oxygen atoms in total. The molecule has 0 aliphatic heterocycles. The van der Waals surface area contributed by atoms with Crippen LogP contribution in [0.15, 0.2) is 29.2 Å². The minimum Gasteiger partial charge on any atom is -0.508 e. The maximum absolute atomic E-state index is 11.1. The van der Waals surface area contributed by atoms with Gasteiger partial charge in [0.05, 0.1) is 0 Å². The van der Waals surface area contributed by atoms with Crippen LogP contribution in [0.25, 0.3) is 0 Å². The van der Waals surface area contributed by atoms with Crippen molar-refractivity contribution in [1.29, 1.82) is 0 Å². The number of rotatable bonds is 21. The molecule has 32 heavy (non-hydrogen) atoms. The number of hydrogen-bond donors (Lipinski definition) is 3. The summed E-state index contributed by atoms with van der Waals surface area (Å²) in [5.74, 6) is 1.14. The minimum absolute atomic E-state index is 0.0269. The van der Waals surface area contributed by atoms with Crippen LogP contribution in [0.5, 0.6) is 5.75 Å². The molecular weight excluding hydrogens is 418 g/mol. The number of aromatic hydroxyl groups is 1. The largest absolute Gasteiger partial charge is 0.508 e. The maximum atomic E-state index is 11.1. The Kier molecular flexibility index (Phi) is 18.2. The molecule has 1 aromatic carbocycles. The van der Waals surface area contributed by atoms with Crippen molar-refractivity contribution < 1.29 is 15.0 Å². The minimum atomic E-state index is -0.925. The van der Waals surface area contributed by atoms with Crippen LogP contribution in [0.3, 0.4) is 0 Å². The van der Waals surface area contributed by atoms with E-state index in [-0.39, 0.29) is 11.8 Å². The lowest BCUT2D eigenvalue weighted by Crippen LogP contribution is -2.34. The van der Waals surface area contributed by atoms with Gasteiger partial charge in [0.25, 0.3) is 0 Å². The number of hydrogen-bond acceptors (Lipinski definition) is 3. The van der Waals surface area contributed by atoms with Crippen LogP contribution >= 0.6 is 11.8 Å². The lowest BCUT2D eigenvalue weighted by Gasteiger charge is -2.16. The van der Waals surface area contributed by atoms with Crippen molar-refractivity contribution in [2.24, 2.45) is 0 Å². The van der Waals surface area contributed by atoms with Crippen LogP contribution in [-0.2, 0) is 0 Å². The van der Waals surface area contributed by atoms with Gasteiger partial charge in [0.2, 0.25) is 0 Å². The van der Waals surface area contributed by atoms with Crippen molar-refractivity contribution in [2.75, 3.05) is 5.75 Å². The highest BCUT2D eigenvalue weighted by molar-refractivity contribution is 7.99. The Morgan fingerprint density at radius 3 is 1.72 bits per heavy atom. The Morgan fingerprint density at radius 1 is 0.781 bits per heavy atom. The number of benzene rings is 1. The molecule has 0 heterocycles. The van der Waals surface area contributed by atoms with E-state index >= 15 is 0 Å². The van der Waals surface area contributed by atoms with Gasteiger partial charge in [-0.05, 0) is 42.9 Å². The second-order valence-corrected chi connectivity index (χ2v) is 10.2. The van der Waals surface area contributed by atoms with Gasteiger partial charge in [0, 0.05) is 10.9 Å². The van der Waals surface area contributed by atoms with Gasteiger partial charge >= 0.3 is 6.09 Å². The molecule has 1 aromatic rings. The van der Waals surface area contributed by atoms with E-state index in [0.29, 0.717) is 0 Å². The van der Waals surface area contributed by atoms with E-state index in [1.54, 1.807) is 23.9 Å². The average Bonchev–Trinajstić information content (AvgIpc) is 2.77. The highest BCUT2D eigenvalue weighted by atomic mass is 32.2. The second kappa shape index (κ2) is 20.3. The molecule has 0 aliphatic rings. The third kappa shape index (κ3) is 17.2. The summed E-state index contributed by atoms with van der Waals surface area (Å²) in [5, 5.41) is 21.1. The quantitative estimate of drug-likeness (QED) is 0.125. The molecule has 0 saturated carbocycles. The summed E-state index contributed by atoms with van der Waals surface area (Å²) >= 11 is 1.70. The Labute approximate surface area is 201 Å². The number of amides is 1. The van der Waals surface area contributed by atoms with Crippen molar-refractivity contribution in [3.8, 4) is 5.75 Å². The fraction of sp³-hybridized carbons (Fsp3) is 0.741. The van der Waals surface area contributed by atoms with E-state index in [9.17, 15) is 9.90 Å². The van der Waals surface area contributed by atoms with E-state index < -0.39 is 6.09 Å². The Bertz CT molecular complexity index is 565. The summed E-state index contributed by atoms with van der Waals surface area (Å²) in [5.41, 5.74) is 0. The number of carbonyl (C=O) groups is 1. The third-order valence-corrected chi connectivity index (χ3v) is 7.10. The lowest BCUT2D eigenvalue weighted by atomic mass is 10.0. The second-order valence-electron chi connectivity index (χ2n) is 9.02. The molecule has 184 valence electrons. The van der Waals surface area contributed by atoms with Crippen LogP contribution in [0.2, 0.25) is 0 Å². The van der Waals surface area contributed by atoms with Crippen LogP contribution in [-0.4, -0.2) is 28.1 Å². The molecule has 1 unspecified atom stereocenters. The van der Waals surface area contributed by atoms with E-state index in [2.05, 4.69) is 12.2 Å². The first-order chi connectivity index (χ1) is 15.6. The Morgan fingerprint density at radius 2 is 1.25 bits per heavy atom. The third-order valence-electron chi connectivity index (χ3n) is 6.06. The molecular formula is C27H47NO3S. The molecule has 1 rings (SSSR count). The number of thioether (sulfide) groups is 1. The molecule has 0 radical (unpaired) electrons. The Balaban J connectivity index is 1.97. The van der Waals surface area contributed by atoms with Gasteiger partial charge in [0.1, 0.15) is 5.75 Å². The number of phenols is 1. The highest BCUT2D eigenvalue weighted by Crippen LogP contribution is 2.22. The van der Waals surface area contributed by atoms with Crippen LogP contribution in [0.4, 0.5) is 4.79 Å². The number of unbranched alkanes of at least 4 members (excludes halogenated alkanes) is 14. The van der Waals surface area contributed by atoms with Crippen molar-refractivity contribution in [3.63, 3.8) is 0 Å². The number of phenolic OH excluding ortho intramolecular Hbond substituents is 1. The lowest BCUT2D eigenvalue weighted by molar-refractivity contribution is 0.188. The van der Waals surface area contributed by atoms with Gasteiger partial charge in [-0.1, -0.05) is 103 Å².